The van der Waals surface area contributed by atoms with Gasteiger partial charge in [-0.3, -0.25) is 0 Å². The number of hydrogen-bond donors (Lipinski definition) is 2. The number of benzene rings is 1. The van der Waals surface area contributed by atoms with E-state index in [9.17, 15) is 8.42 Å². The summed E-state index contributed by atoms with van der Waals surface area (Å²) >= 11 is 4.97. The molecule has 0 saturated carbocycles. The number of nitrogens with two attached hydrogens (primary N) is 1. The summed E-state index contributed by atoms with van der Waals surface area (Å²) in [6, 6.07) is 5.34. The first-order chi connectivity index (χ1) is 8.83. The van der Waals surface area contributed by atoms with Gasteiger partial charge in [0, 0.05) is 30.1 Å². The van der Waals surface area contributed by atoms with Crippen LogP contribution in [0.5, 0.6) is 5.75 Å². The van der Waals surface area contributed by atoms with Crippen LogP contribution in [0, 0.1) is 0 Å². The molecule has 0 saturated heterocycles. The number of rotatable bonds is 7. The van der Waals surface area contributed by atoms with Crippen molar-refractivity contribution in [1.82, 2.24) is 0 Å². The van der Waals surface area contributed by atoms with Gasteiger partial charge in [-0.1, -0.05) is 12.2 Å². The van der Waals surface area contributed by atoms with Crippen molar-refractivity contribution in [3.63, 3.8) is 0 Å². The average molecular weight is 302 g/mol. The molecule has 0 atom stereocenters. The predicted octanol–water partition coefficient (Wildman–Crippen LogP) is 1.18. The Bertz CT molecular complexity index is 556. The van der Waals surface area contributed by atoms with E-state index in [1.165, 1.54) is 6.26 Å². The monoisotopic (exact) mass is 302 g/mol. The standard InChI is InChI=1S/C12H18N2O3S2/c1-17-9-4-5-10(12(13)18)11(8-9)14-6-3-7-19(2,15)16/h4-5,8,14H,3,6-7H2,1-2H3,(H2,13,18). The normalized spacial score (nSPS) is 11.1. The molecular formula is C12H18N2O3S2. The lowest BCUT2D eigenvalue weighted by Gasteiger charge is -2.12. The molecule has 0 spiro atoms. The topological polar surface area (TPSA) is 81.4 Å². The SMILES string of the molecule is COc1ccc(C(N)=S)c(NCCCS(C)(=O)=O)c1. The zero-order chi connectivity index (χ0) is 14.5. The highest BCUT2D eigenvalue weighted by molar-refractivity contribution is 7.90. The van der Waals surface area contributed by atoms with Crippen molar-refractivity contribution in [2.45, 2.75) is 6.42 Å². The van der Waals surface area contributed by atoms with E-state index >= 15 is 0 Å². The number of nitrogens with one attached hydrogen (secondary N) is 1. The highest BCUT2D eigenvalue weighted by Gasteiger charge is 2.07. The van der Waals surface area contributed by atoms with Crippen molar-refractivity contribution in [3.05, 3.63) is 23.8 Å². The maximum atomic E-state index is 11.0. The molecule has 0 amide bonds. The van der Waals surface area contributed by atoms with E-state index in [0.717, 1.165) is 11.3 Å². The molecule has 0 fully saturated rings. The van der Waals surface area contributed by atoms with Gasteiger partial charge < -0.3 is 15.8 Å². The van der Waals surface area contributed by atoms with Gasteiger partial charge in [-0.25, -0.2) is 8.42 Å². The fraction of sp³-hybridized carbons (Fsp3) is 0.417. The molecule has 1 aromatic rings. The molecule has 0 unspecified atom stereocenters. The molecule has 0 radical (unpaired) electrons. The second kappa shape index (κ2) is 6.72. The first-order valence-electron chi connectivity index (χ1n) is 5.73. The van der Waals surface area contributed by atoms with Crippen LogP contribution < -0.4 is 15.8 Å². The number of methoxy groups -OCH3 is 1. The van der Waals surface area contributed by atoms with Crippen LogP contribution in [0.3, 0.4) is 0 Å². The van der Waals surface area contributed by atoms with Crippen LogP contribution in [-0.4, -0.2) is 39.1 Å². The molecule has 19 heavy (non-hydrogen) atoms. The van der Waals surface area contributed by atoms with Crippen molar-refractivity contribution in [1.29, 1.82) is 0 Å². The van der Waals surface area contributed by atoms with Crippen LogP contribution in [0.25, 0.3) is 0 Å². The number of thiocarbonyl (C=S) groups is 1. The lowest BCUT2D eigenvalue weighted by molar-refractivity contribution is 0.415. The van der Waals surface area contributed by atoms with Crippen LogP contribution in [0.1, 0.15) is 12.0 Å². The Kier molecular flexibility index (Phi) is 5.56. The molecule has 3 N–H and O–H groups in total. The highest BCUT2D eigenvalue weighted by atomic mass is 32.2. The molecule has 0 aromatic heterocycles. The van der Waals surface area contributed by atoms with Gasteiger partial charge >= 0.3 is 0 Å². The van der Waals surface area contributed by atoms with Crippen LogP contribution in [0.2, 0.25) is 0 Å². The second-order valence-electron chi connectivity index (χ2n) is 4.19. The summed E-state index contributed by atoms with van der Waals surface area (Å²) in [4.78, 5) is 0.285. The minimum absolute atomic E-state index is 0.145. The zero-order valence-electron chi connectivity index (χ0n) is 11.0. The van der Waals surface area contributed by atoms with Gasteiger partial charge in [-0.2, -0.15) is 0 Å². The van der Waals surface area contributed by atoms with Crippen LogP contribution in [0.15, 0.2) is 18.2 Å². The third-order valence-electron chi connectivity index (χ3n) is 2.50. The minimum atomic E-state index is -2.93. The van der Waals surface area contributed by atoms with Crippen molar-refractivity contribution in [2.24, 2.45) is 5.73 Å². The van der Waals surface area contributed by atoms with Crippen molar-refractivity contribution >= 4 is 32.7 Å². The maximum absolute atomic E-state index is 11.0. The summed E-state index contributed by atoms with van der Waals surface area (Å²) in [6.45, 7) is 0.524. The second-order valence-corrected chi connectivity index (χ2v) is 6.89. The molecule has 1 rings (SSSR count). The van der Waals surface area contributed by atoms with Gasteiger partial charge in [0.2, 0.25) is 0 Å². The Hall–Kier alpha value is -1.34. The summed E-state index contributed by atoms with van der Waals surface area (Å²) in [5.74, 6) is 0.831. The first-order valence-corrected chi connectivity index (χ1v) is 8.20. The maximum Gasteiger partial charge on any atom is 0.147 e. The molecule has 0 heterocycles. The Labute approximate surface area is 119 Å². The van der Waals surface area contributed by atoms with Crippen LogP contribution >= 0.6 is 12.2 Å². The fourth-order valence-electron chi connectivity index (χ4n) is 1.57. The largest absolute Gasteiger partial charge is 0.497 e. The van der Waals surface area contributed by atoms with E-state index in [-0.39, 0.29) is 10.7 Å². The average Bonchev–Trinajstić information content (AvgIpc) is 2.33. The quantitative estimate of drug-likeness (QED) is 0.581. The van der Waals surface area contributed by atoms with Crippen molar-refractivity contribution < 1.29 is 13.2 Å². The molecule has 1 aromatic carbocycles. The molecule has 5 nitrogen and oxygen atoms in total. The summed E-state index contributed by atoms with van der Waals surface area (Å²) in [5, 5.41) is 3.13. The summed E-state index contributed by atoms with van der Waals surface area (Å²) in [6.07, 6.45) is 1.74. The minimum Gasteiger partial charge on any atom is -0.497 e. The summed E-state index contributed by atoms with van der Waals surface area (Å²) in [5.41, 5.74) is 7.10. The van der Waals surface area contributed by atoms with E-state index in [1.54, 1.807) is 25.3 Å². The summed E-state index contributed by atoms with van der Waals surface area (Å²) in [7, 11) is -1.36. The zero-order valence-corrected chi connectivity index (χ0v) is 12.6. The third-order valence-corrected chi connectivity index (χ3v) is 3.75. The van der Waals surface area contributed by atoms with E-state index in [4.69, 9.17) is 22.7 Å². The Morgan fingerprint density at radius 2 is 2.16 bits per heavy atom. The van der Waals surface area contributed by atoms with E-state index < -0.39 is 9.84 Å². The molecule has 0 bridgehead atoms. The van der Waals surface area contributed by atoms with Gasteiger partial charge in [0.1, 0.15) is 20.6 Å². The van der Waals surface area contributed by atoms with Crippen LogP contribution in [0.4, 0.5) is 5.69 Å². The number of hydrogen-bond acceptors (Lipinski definition) is 5. The van der Waals surface area contributed by atoms with Gasteiger partial charge in [0.15, 0.2) is 0 Å². The van der Waals surface area contributed by atoms with Crippen molar-refractivity contribution in [2.75, 3.05) is 31.0 Å². The van der Waals surface area contributed by atoms with Gasteiger partial charge in [0.05, 0.1) is 12.9 Å². The molecule has 0 aliphatic rings. The Balaban J connectivity index is 2.72. The summed E-state index contributed by atoms with van der Waals surface area (Å²) < 4.78 is 27.2. The number of sulfone groups is 1. The number of anilines is 1. The lowest BCUT2D eigenvalue weighted by atomic mass is 10.1. The van der Waals surface area contributed by atoms with Gasteiger partial charge in [-0.05, 0) is 18.6 Å². The molecule has 106 valence electrons. The smallest absolute Gasteiger partial charge is 0.147 e. The van der Waals surface area contributed by atoms with Crippen LogP contribution in [-0.2, 0) is 9.84 Å². The van der Waals surface area contributed by atoms with E-state index in [1.807, 2.05) is 0 Å². The molecule has 0 aliphatic heterocycles. The van der Waals surface area contributed by atoms with Gasteiger partial charge in [0.25, 0.3) is 0 Å². The lowest BCUT2D eigenvalue weighted by Crippen LogP contribution is -2.15. The Morgan fingerprint density at radius 1 is 1.47 bits per heavy atom. The molecular weight excluding hydrogens is 284 g/mol. The number of ether oxygens (including phenoxy) is 1. The molecule has 0 aliphatic carbocycles. The predicted molar refractivity (Wildman–Crippen MR) is 81.7 cm³/mol. The Morgan fingerprint density at radius 3 is 2.68 bits per heavy atom. The van der Waals surface area contributed by atoms with Gasteiger partial charge in [-0.15, -0.1) is 0 Å². The van der Waals surface area contributed by atoms with E-state index in [2.05, 4.69) is 5.32 Å². The van der Waals surface area contributed by atoms with Crippen molar-refractivity contribution in [3.8, 4) is 5.75 Å². The fourth-order valence-corrected chi connectivity index (χ4v) is 2.42. The molecule has 7 heteroatoms. The van der Waals surface area contributed by atoms with E-state index in [0.29, 0.717) is 18.7 Å². The highest BCUT2D eigenvalue weighted by Crippen LogP contribution is 2.22. The first kappa shape index (κ1) is 15.7. The third kappa shape index (κ3) is 5.44.